The number of carboxylic acid groups (broad SMARTS) is 1. The largest absolute Gasteiger partial charge is 0.479 e. The summed E-state index contributed by atoms with van der Waals surface area (Å²) in [6.45, 7) is 1.50. The normalized spacial score (nSPS) is 12.9. The number of carbonyl (C=O) groups excluding carboxylic acids is 2. The van der Waals surface area contributed by atoms with Crippen molar-refractivity contribution in [3.05, 3.63) is 89.0 Å². The van der Waals surface area contributed by atoms with Gasteiger partial charge in [-0.05, 0) is 46.9 Å². The predicted molar refractivity (Wildman–Crippen MR) is 126 cm³/mol. The molecular formula is C26H24N2O6. The van der Waals surface area contributed by atoms with Crippen molar-refractivity contribution in [1.82, 2.24) is 5.32 Å². The Bertz CT molecular complexity index is 1210. The van der Waals surface area contributed by atoms with Crippen LogP contribution in [0, 0.1) is 6.92 Å². The maximum absolute atomic E-state index is 12.6. The molecule has 2 amide bonds. The van der Waals surface area contributed by atoms with E-state index in [1.54, 1.807) is 19.1 Å². The first-order valence-corrected chi connectivity index (χ1v) is 10.8. The van der Waals surface area contributed by atoms with Crippen LogP contribution < -0.4 is 10.6 Å². The van der Waals surface area contributed by atoms with Gasteiger partial charge in [0, 0.05) is 17.2 Å². The molecule has 1 aliphatic carbocycles. The molecule has 0 bridgehead atoms. The highest BCUT2D eigenvalue weighted by molar-refractivity contribution is 5.97. The second kappa shape index (κ2) is 9.76. The molecule has 0 saturated heterocycles. The Morgan fingerprint density at radius 1 is 0.971 bits per heavy atom. The zero-order chi connectivity index (χ0) is 24.2. The molecule has 0 aromatic heterocycles. The van der Waals surface area contributed by atoms with Crippen LogP contribution in [0.3, 0.4) is 0 Å². The number of ether oxygens (including phenoxy) is 1. The number of aliphatic hydroxyl groups excluding tert-OH is 1. The van der Waals surface area contributed by atoms with E-state index in [-0.39, 0.29) is 18.1 Å². The number of nitrogens with one attached hydrogen (secondary N) is 2. The summed E-state index contributed by atoms with van der Waals surface area (Å²) in [4.78, 5) is 35.6. The van der Waals surface area contributed by atoms with Crippen molar-refractivity contribution in [2.45, 2.75) is 18.9 Å². The minimum absolute atomic E-state index is 0.0722. The number of amides is 2. The molecule has 0 saturated carbocycles. The van der Waals surface area contributed by atoms with E-state index in [0.717, 1.165) is 27.8 Å². The lowest BCUT2D eigenvalue weighted by molar-refractivity contribution is -0.146. The van der Waals surface area contributed by atoms with Crippen LogP contribution in [0.25, 0.3) is 11.1 Å². The van der Waals surface area contributed by atoms with Crippen LogP contribution in [0.1, 0.15) is 33.0 Å². The van der Waals surface area contributed by atoms with E-state index in [4.69, 9.17) is 9.84 Å². The number of aliphatic carboxylic acids is 1. The Labute approximate surface area is 196 Å². The van der Waals surface area contributed by atoms with Crippen LogP contribution in [0.2, 0.25) is 0 Å². The summed E-state index contributed by atoms with van der Waals surface area (Å²) in [5.41, 5.74) is 5.80. The fourth-order valence-corrected chi connectivity index (χ4v) is 4.02. The lowest BCUT2D eigenvalue weighted by Crippen LogP contribution is -2.36. The summed E-state index contributed by atoms with van der Waals surface area (Å²) in [6, 6.07) is 20.8. The number of fused-ring (bicyclic) bond motifs is 3. The first kappa shape index (κ1) is 23.0. The number of rotatable bonds is 7. The summed E-state index contributed by atoms with van der Waals surface area (Å²) < 4.78 is 5.56. The second-order valence-corrected chi connectivity index (χ2v) is 8.04. The van der Waals surface area contributed by atoms with Gasteiger partial charge in [-0.15, -0.1) is 0 Å². The van der Waals surface area contributed by atoms with E-state index < -0.39 is 30.6 Å². The molecular weight excluding hydrogens is 436 g/mol. The number of aliphatic hydroxyl groups is 1. The Morgan fingerprint density at radius 3 is 2.21 bits per heavy atom. The first-order chi connectivity index (χ1) is 16.3. The van der Waals surface area contributed by atoms with Gasteiger partial charge in [-0.2, -0.15) is 0 Å². The van der Waals surface area contributed by atoms with Crippen molar-refractivity contribution >= 4 is 23.7 Å². The molecule has 1 aliphatic rings. The van der Waals surface area contributed by atoms with Crippen molar-refractivity contribution in [2.24, 2.45) is 0 Å². The average Bonchev–Trinajstić information content (AvgIpc) is 3.16. The molecule has 1 atom stereocenters. The number of hydrogen-bond donors (Lipinski definition) is 4. The topological polar surface area (TPSA) is 125 Å². The van der Waals surface area contributed by atoms with Crippen molar-refractivity contribution in [1.29, 1.82) is 0 Å². The van der Waals surface area contributed by atoms with Gasteiger partial charge in [-0.3, -0.25) is 10.1 Å². The fourth-order valence-electron chi connectivity index (χ4n) is 4.02. The summed E-state index contributed by atoms with van der Waals surface area (Å²) in [5.74, 6) is -2.07. The summed E-state index contributed by atoms with van der Waals surface area (Å²) in [6.07, 6.45) is -2.35. The average molecular weight is 460 g/mol. The van der Waals surface area contributed by atoms with Crippen LogP contribution in [-0.2, 0) is 9.53 Å². The van der Waals surface area contributed by atoms with Crippen LogP contribution in [0.4, 0.5) is 10.5 Å². The van der Waals surface area contributed by atoms with E-state index in [9.17, 15) is 19.5 Å². The highest BCUT2D eigenvalue weighted by Crippen LogP contribution is 2.44. The minimum atomic E-state index is -1.70. The lowest BCUT2D eigenvalue weighted by atomic mass is 9.98. The molecule has 8 nitrogen and oxygen atoms in total. The molecule has 0 unspecified atom stereocenters. The van der Waals surface area contributed by atoms with Gasteiger partial charge in [-0.25, -0.2) is 9.59 Å². The molecule has 174 valence electrons. The van der Waals surface area contributed by atoms with Gasteiger partial charge in [-0.1, -0.05) is 54.6 Å². The molecule has 0 fully saturated rings. The quantitative estimate of drug-likeness (QED) is 0.428. The molecule has 34 heavy (non-hydrogen) atoms. The van der Waals surface area contributed by atoms with Gasteiger partial charge in [0.2, 0.25) is 0 Å². The Kier molecular flexibility index (Phi) is 6.60. The highest BCUT2D eigenvalue weighted by Gasteiger charge is 2.29. The molecule has 4 N–H and O–H groups in total. The highest BCUT2D eigenvalue weighted by atomic mass is 16.5. The van der Waals surface area contributed by atoms with Gasteiger partial charge >= 0.3 is 12.1 Å². The predicted octanol–water partition coefficient (Wildman–Crippen LogP) is 3.53. The Hall–Kier alpha value is -4.17. The number of anilines is 1. The van der Waals surface area contributed by atoms with Crippen molar-refractivity contribution in [2.75, 3.05) is 18.5 Å². The third-order valence-electron chi connectivity index (χ3n) is 5.82. The molecule has 3 aromatic rings. The smallest absolute Gasteiger partial charge is 0.411 e. The monoisotopic (exact) mass is 460 g/mol. The molecule has 3 aromatic carbocycles. The zero-order valence-corrected chi connectivity index (χ0v) is 18.4. The van der Waals surface area contributed by atoms with Crippen LogP contribution in [-0.4, -0.2) is 47.4 Å². The van der Waals surface area contributed by atoms with E-state index >= 15 is 0 Å². The first-order valence-electron chi connectivity index (χ1n) is 10.8. The van der Waals surface area contributed by atoms with E-state index in [1.807, 2.05) is 36.4 Å². The minimum Gasteiger partial charge on any atom is -0.479 e. The molecule has 0 spiro atoms. The van der Waals surface area contributed by atoms with Crippen LogP contribution in [0.5, 0.6) is 0 Å². The van der Waals surface area contributed by atoms with Gasteiger partial charge < -0.3 is 20.3 Å². The summed E-state index contributed by atoms with van der Waals surface area (Å²) >= 11 is 0. The second-order valence-electron chi connectivity index (χ2n) is 8.04. The van der Waals surface area contributed by atoms with Crippen molar-refractivity contribution < 1.29 is 29.3 Å². The van der Waals surface area contributed by atoms with E-state index in [2.05, 4.69) is 22.8 Å². The third kappa shape index (κ3) is 4.77. The van der Waals surface area contributed by atoms with Gasteiger partial charge in [0.15, 0.2) is 6.10 Å². The molecule has 0 heterocycles. The van der Waals surface area contributed by atoms with E-state index in [1.165, 1.54) is 6.07 Å². The Balaban J connectivity index is 1.41. The number of carbonyl (C=O) groups is 3. The number of hydrogen-bond acceptors (Lipinski definition) is 5. The zero-order valence-electron chi connectivity index (χ0n) is 18.4. The standard InChI is InChI=1S/C26H24N2O6/c1-15-10-11-16(24(30)27-13-23(29)25(31)32)12-22(15)28-26(33)34-14-21-19-8-4-2-6-17(19)18-7-3-5-9-20(18)21/h2-12,21,23,29H,13-14H2,1H3,(H,27,30)(H,28,33)(H,31,32)/t23-/m0/s1. The van der Waals surface area contributed by atoms with Crippen LogP contribution >= 0.6 is 0 Å². The number of aryl methyl sites for hydroxylation is 1. The molecule has 0 radical (unpaired) electrons. The summed E-state index contributed by atoms with van der Waals surface area (Å²) in [7, 11) is 0. The lowest BCUT2D eigenvalue weighted by Gasteiger charge is -2.15. The number of benzene rings is 3. The fraction of sp³-hybridized carbons (Fsp3) is 0.192. The molecule has 0 aliphatic heterocycles. The SMILES string of the molecule is Cc1ccc(C(=O)NC[C@H](O)C(=O)O)cc1NC(=O)OCC1c2ccccc2-c2ccccc21. The maximum Gasteiger partial charge on any atom is 0.411 e. The van der Waals surface area contributed by atoms with Gasteiger partial charge in [0.1, 0.15) is 6.61 Å². The van der Waals surface area contributed by atoms with Crippen LogP contribution in [0.15, 0.2) is 66.7 Å². The summed E-state index contributed by atoms with van der Waals surface area (Å²) in [5, 5.41) is 23.1. The Morgan fingerprint density at radius 2 is 1.59 bits per heavy atom. The molecule has 4 rings (SSSR count). The number of carboxylic acids is 1. The third-order valence-corrected chi connectivity index (χ3v) is 5.82. The molecule has 8 heteroatoms. The van der Waals surface area contributed by atoms with Gasteiger partial charge in [0.25, 0.3) is 5.91 Å². The van der Waals surface area contributed by atoms with Gasteiger partial charge in [0.05, 0.1) is 6.54 Å². The van der Waals surface area contributed by atoms with Crippen molar-refractivity contribution in [3.63, 3.8) is 0 Å². The maximum atomic E-state index is 12.6. The van der Waals surface area contributed by atoms with Crippen molar-refractivity contribution in [3.8, 4) is 11.1 Å². The van der Waals surface area contributed by atoms with E-state index in [0.29, 0.717) is 5.69 Å².